The van der Waals surface area contributed by atoms with E-state index in [2.05, 4.69) is 0 Å². The lowest BCUT2D eigenvalue weighted by molar-refractivity contribution is -0.120. The molecule has 4 nitrogen and oxygen atoms in total. The summed E-state index contributed by atoms with van der Waals surface area (Å²) >= 11 is 0. The Morgan fingerprint density at radius 1 is 1.26 bits per heavy atom. The lowest BCUT2D eigenvalue weighted by Crippen LogP contribution is -2.41. The molecule has 2 aromatic rings. The number of hydrogen-bond acceptors (Lipinski definition) is 3. The van der Waals surface area contributed by atoms with Gasteiger partial charge in [0.2, 0.25) is 0 Å². The van der Waals surface area contributed by atoms with Crippen molar-refractivity contribution in [3.63, 3.8) is 0 Å². The van der Waals surface area contributed by atoms with Crippen LogP contribution in [0.15, 0.2) is 36.4 Å². The SMILES string of the molecule is Cc1cc(C)c2c(c1)OCCN2C(=O)COc1ccc(F)cc1. The average Bonchev–Trinajstić information content (AvgIpc) is 2.53. The van der Waals surface area contributed by atoms with Crippen molar-refractivity contribution >= 4 is 11.6 Å². The van der Waals surface area contributed by atoms with Crippen LogP contribution in [0, 0.1) is 19.7 Å². The first-order chi connectivity index (χ1) is 11.0. The van der Waals surface area contributed by atoms with Crippen LogP contribution in [-0.4, -0.2) is 25.7 Å². The van der Waals surface area contributed by atoms with Crippen molar-refractivity contribution in [3.05, 3.63) is 53.3 Å². The van der Waals surface area contributed by atoms with Crippen LogP contribution in [0.1, 0.15) is 11.1 Å². The highest BCUT2D eigenvalue weighted by molar-refractivity contribution is 5.97. The van der Waals surface area contributed by atoms with E-state index >= 15 is 0 Å². The van der Waals surface area contributed by atoms with Crippen LogP contribution in [-0.2, 0) is 4.79 Å². The molecule has 3 rings (SSSR count). The highest BCUT2D eigenvalue weighted by Gasteiger charge is 2.26. The number of amides is 1. The molecular formula is C18H18FNO3. The number of fused-ring (bicyclic) bond motifs is 1. The number of benzene rings is 2. The van der Waals surface area contributed by atoms with Gasteiger partial charge in [-0.05, 0) is 55.3 Å². The molecule has 0 fully saturated rings. The summed E-state index contributed by atoms with van der Waals surface area (Å²) in [5.41, 5.74) is 2.89. The fraction of sp³-hybridized carbons (Fsp3) is 0.278. The third-order valence-electron chi connectivity index (χ3n) is 3.73. The molecule has 0 aliphatic carbocycles. The molecule has 0 N–H and O–H groups in total. The molecule has 0 saturated heterocycles. The molecule has 0 atom stereocenters. The third kappa shape index (κ3) is 3.28. The minimum atomic E-state index is -0.336. The van der Waals surface area contributed by atoms with E-state index in [4.69, 9.17) is 9.47 Å². The van der Waals surface area contributed by atoms with Crippen LogP contribution in [0.25, 0.3) is 0 Å². The van der Waals surface area contributed by atoms with Gasteiger partial charge in [-0.2, -0.15) is 0 Å². The van der Waals surface area contributed by atoms with Crippen LogP contribution in [0.4, 0.5) is 10.1 Å². The second kappa shape index (κ2) is 6.28. The number of anilines is 1. The predicted molar refractivity (Wildman–Crippen MR) is 85.7 cm³/mol. The Bertz CT molecular complexity index is 728. The molecule has 0 spiro atoms. The Labute approximate surface area is 134 Å². The van der Waals surface area contributed by atoms with Gasteiger partial charge in [-0.1, -0.05) is 6.07 Å². The zero-order valence-corrected chi connectivity index (χ0v) is 13.1. The molecule has 0 unspecified atom stereocenters. The summed E-state index contributed by atoms with van der Waals surface area (Å²) < 4.78 is 24.0. The predicted octanol–water partition coefficient (Wildman–Crippen LogP) is 3.25. The summed E-state index contributed by atoms with van der Waals surface area (Å²) in [5.74, 6) is 0.709. The Morgan fingerprint density at radius 3 is 2.74 bits per heavy atom. The Hall–Kier alpha value is -2.56. The molecule has 23 heavy (non-hydrogen) atoms. The third-order valence-corrected chi connectivity index (χ3v) is 3.73. The van der Waals surface area contributed by atoms with Crippen molar-refractivity contribution < 1.29 is 18.7 Å². The Balaban J connectivity index is 1.75. The summed E-state index contributed by atoms with van der Waals surface area (Å²) in [4.78, 5) is 14.2. The van der Waals surface area contributed by atoms with Gasteiger partial charge in [0.1, 0.15) is 23.9 Å². The quantitative estimate of drug-likeness (QED) is 0.873. The first-order valence-corrected chi connectivity index (χ1v) is 7.47. The number of hydrogen-bond donors (Lipinski definition) is 0. The summed E-state index contributed by atoms with van der Waals surface area (Å²) in [6.45, 7) is 4.80. The first kappa shape index (κ1) is 15.3. The maximum absolute atomic E-state index is 12.9. The molecule has 5 heteroatoms. The monoisotopic (exact) mass is 315 g/mol. The molecule has 1 heterocycles. The van der Waals surface area contributed by atoms with E-state index in [-0.39, 0.29) is 18.3 Å². The van der Waals surface area contributed by atoms with Gasteiger partial charge in [0, 0.05) is 0 Å². The fourth-order valence-electron chi connectivity index (χ4n) is 2.74. The molecule has 0 radical (unpaired) electrons. The van der Waals surface area contributed by atoms with E-state index in [1.54, 1.807) is 4.90 Å². The van der Waals surface area contributed by atoms with E-state index in [1.807, 2.05) is 26.0 Å². The van der Waals surface area contributed by atoms with E-state index in [0.29, 0.717) is 18.9 Å². The number of carbonyl (C=O) groups is 1. The molecule has 0 aromatic heterocycles. The molecular weight excluding hydrogens is 297 g/mol. The van der Waals surface area contributed by atoms with Crippen molar-refractivity contribution in [2.24, 2.45) is 0 Å². The average molecular weight is 315 g/mol. The van der Waals surface area contributed by atoms with Gasteiger partial charge >= 0.3 is 0 Å². The minimum absolute atomic E-state index is 0.0988. The highest BCUT2D eigenvalue weighted by atomic mass is 19.1. The maximum Gasteiger partial charge on any atom is 0.265 e. The second-order valence-electron chi connectivity index (χ2n) is 5.56. The smallest absolute Gasteiger partial charge is 0.265 e. The molecule has 120 valence electrons. The van der Waals surface area contributed by atoms with Crippen LogP contribution in [0.5, 0.6) is 11.5 Å². The summed E-state index contributed by atoms with van der Waals surface area (Å²) in [5, 5.41) is 0. The van der Waals surface area contributed by atoms with Gasteiger partial charge < -0.3 is 14.4 Å². The number of aryl methyl sites for hydroxylation is 2. The lowest BCUT2D eigenvalue weighted by atomic mass is 10.1. The zero-order valence-electron chi connectivity index (χ0n) is 13.1. The van der Waals surface area contributed by atoms with E-state index in [1.165, 1.54) is 24.3 Å². The number of carbonyl (C=O) groups excluding carboxylic acids is 1. The maximum atomic E-state index is 12.9. The largest absolute Gasteiger partial charge is 0.490 e. The van der Waals surface area contributed by atoms with Gasteiger partial charge in [0.25, 0.3) is 5.91 Å². The van der Waals surface area contributed by atoms with Crippen LogP contribution in [0.3, 0.4) is 0 Å². The van der Waals surface area contributed by atoms with Crippen molar-refractivity contribution in [2.45, 2.75) is 13.8 Å². The van der Waals surface area contributed by atoms with Crippen LogP contribution in [0.2, 0.25) is 0 Å². The van der Waals surface area contributed by atoms with Crippen molar-refractivity contribution in [2.75, 3.05) is 24.7 Å². The Kier molecular flexibility index (Phi) is 4.19. The van der Waals surface area contributed by atoms with Gasteiger partial charge in [0.15, 0.2) is 6.61 Å². The zero-order chi connectivity index (χ0) is 16.4. The first-order valence-electron chi connectivity index (χ1n) is 7.47. The summed E-state index contributed by atoms with van der Waals surface area (Å²) in [6.07, 6.45) is 0. The van der Waals surface area contributed by atoms with Gasteiger partial charge in [-0.25, -0.2) is 4.39 Å². The molecule has 1 aliphatic rings. The minimum Gasteiger partial charge on any atom is -0.490 e. The molecule has 0 saturated carbocycles. The second-order valence-corrected chi connectivity index (χ2v) is 5.56. The summed E-state index contributed by atoms with van der Waals surface area (Å²) in [6, 6.07) is 9.57. The van der Waals surface area contributed by atoms with E-state index in [9.17, 15) is 9.18 Å². The van der Waals surface area contributed by atoms with Gasteiger partial charge in [-0.3, -0.25) is 4.79 Å². The van der Waals surface area contributed by atoms with Gasteiger partial charge in [0.05, 0.1) is 12.2 Å². The van der Waals surface area contributed by atoms with E-state index < -0.39 is 0 Å². The Morgan fingerprint density at radius 2 is 2.00 bits per heavy atom. The molecule has 2 aromatic carbocycles. The number of rotatable bonds is 3. The number of nitrogens with zero attached hydrogens (tertiary/aromatic N) is 1. The molecule has 0 bridgehead atoms. The number of ether oxygens (including phenoxy) is 2. The van der Waals surface area contributed by atoms with Crippen molar-refractivity contribution in [3.8, 4) is 11.5 Å². The van der Waals surface area contributed by atoms with Gasteiger partial charge in [-0.15, -0.1) is 0 Å². The fourth-order valence-corrected chi connectivity index (χ4v) is 2.74. The topological polar surface area (TPSA) is 38.8 Å². The highest BCUT2D eigenvalue weighted by Crippen LogP contribution is 2.36. The summed E-state index contributed by atoms with van der Waals surface area (Å²) in [7, 11) is 0. The van der Waals surface area contributed by atoms with E-state index in [0.717, 1.165) is 22.6 Å². The van der Waals surface area contributed by atoms with Crippen LogP contribution >= 0.6 is 0 Å². The number of halogens is 1. The standard InChI is InChI=1S/C18H18FNO3/c1-12-9-13(2)18-16(10-12)22-8-7-20(18)17(21)11-23-15-5-3-14(19)4-6-15/h3-6,9-10H,7-8,11H2,1-2H3. The lowest BCUT2D eigenvalue weighted by Gasteiger charge is -2.31. The van der Waals surface area contributed by atoms with Crippen molar-refractivity contribution in [1.82, 2.24) is 0 Å². The normalized spacial score (nSPS) is 13.3. The molecule has 1 aliphatic heterocycles. The van der Waals surface area contributed by atoms with Crippen molar-refractivity contribution in [1.29, 1.82) is 0 Å². The molecule has 1 amide bonds. The van der Waals surface area contributed by atoms with Crippen LogP contribution < -0.4 is 14.4 Å².